The molecular weight excluding hydrogens is 753 g/mol. The van der Waals surface area contributed by atoms with Crippen molar-refractivity contribution in [3.05, 3.63) is 153 Å². The van der Waals surface area contributed by atoms with E-state index in [0.29, 0.717) is 47.9 Å². The molecule has 60 heavy (non-hydrogen) atoms. The van der Waals surface area contributed by atoms with Crippen LogP contribution >= 0.6 is 0 Å². The number of carbonyl (C=O) groups excluding carboxylic acids is 2. The molecule has 0 unspecified atom stereocenters. The number of nitrogens with zero attached hydrogens (tertiary/aromatic N) is 4. The highest BCUT2D eigenvalue weighted by Gasteiger charge is 2.58. The van der Waals surface area contributed by atoms with Crippen LogP contribution in [-0.4, -0.2) is 78.6 Å². The Labute approximate surface area is 352 Å². The van der Waals surface area contributed by atoms with Gasteiger partial charge in [0.25, 0.3) is 0 Å². The van der Waals surface area contributed by atoms with E-state index >= 15 is 0 Å². The molecule has 4 aliphatic rings. The number of aliphatic imine (C=N–C) groups is 2. The van der Waals surface area contributed by atoms with Gasteiger partial charge in [-0.15, -0.1) is 20.5 Å². The summed E-state index contributed by atoms with van der Waals surface area (Å²) in [7, 11) is 0. The Morgan fingerprint density at radius 1 is 0.500 bits per heavy atom. The number of fused-ring (bicyclic) bond motifs is 2. The second-order valence-electron chi connectivity index (χ2n) is 19.7. The smallest absolute Gasteiger partial charge is 0.193 e. The molecule has 2 heterocycles. The molecule has 8 rings (SSSR count). The number of carbonyl (C=O) groups is 2. The van der Waals surface area contributed by atoms with Gasteiger partial charge in [-0.05, 0) is 103 Å². The van der Waals surface area contributed by atoms with Gasteiger partial charge in [0.15, 0.2) is 11.6 Å². The van der Waals surface area contributed by atoms with E-state index in [0.717, 1.165) is 11.1 Å². The van der Waals surface area contributed by atoms with E-state index in [1.165, 1.54) is 10.1 Å². The van der Waals surface area contributed by atoms with Gasteiger partial charge in [0.2, 0.25) is 0 Å². The predicted octanol–water partition coefficient (Wildman–Crippen LogP) is 8.12. The lowest BCUT2D eigenvalue weighted by atomic mass is 9.75. The molecule has 310 valence electrons. The summed E-state index contributed by atoms with van der Waals surface area (Å²) < 4.78 is 0. The highest BCUT2D eigenvalue weighted by atomic mass is 16.5. The summed E-state index contributed by atoms with van der Waals surface area (Å²) in [5.41, 5.74) is -3.45. The van der Waals surface area contributed by atoms with E-state index in [9.17, 15) is 30.2 Å². The van der Waals surface area contributed by atoms with Gasteiger partial charge in [-0.1, -0.05) is 97.1 Å². The van der Waals surface area contributed by atoms with E-state index in [-0.39, 0.29) is 34.4 Å². The lowest BCUT2D eigenvalue weighted by Gasteiger charge is -2.48. The summed E-state index contributed by atoms with van der Waals surface area (Å²) >= 11 is 0. The van der Waals surface area contributed by atoms with E-state index in [1.807, 2.05) is 79.7 Å². The number of ketones is 2. The molecule has 2 fully saturated rings. The molecule has 10 nitrogen and oxygen atoms in total. The minimum absolute atomic E-state index is 0.0587. The van der Waals surface area contributed by atoms with Gasteiger partial charge in [0.05, 0.1) is 23.2 Å². The molecule has 2 saturated heterocycles. The van der Waals surface area contributed by atoms with Crippen molar-refractivity contribution >= 4 is 24.0 Å². The van der Waals surface area contributed by atoms with Gasteiger partial charge in [-0.3, -0.25) is 19.6 Å². The number of benzene rings is 4. The first kappa shape index (κ1) is 41.8. The normalized spacial score (nSPS) is 27.9. The molecule has 2 atom stereocenters. The Morgan fingerprint density at radius 3 is 1.12 bits per heavy atom. The lowest BCUT2D eigenvalue weighted by molar-refractivity contribution is -0.288. The standard InChI is InChI=1S/C50H54N4O6/c1-45(2)25-35(26-46(3,4)53(45)59)51-29-31-17-21-33(22-18-31)49(57)39-15-11-9-13-37(39)43(55)41(49)42-44(56)38-14-10-12-16-40(38)50(42,58)34-23-19-32(20-24-34)30-52-36-27-47(5,6)54(60)48(7,8)28-36/h9-24,29-30,35-36,57-58H,25-28H2,1-8H3/b42-41-,51-29?,52-30?/t49-,50+. The first-order chi connectivity index (χ1) is 28.1. The first-order valence-corrected chi connectivity index (χ1v) is 20.8. The molecule has 0 saturated carbocycles. The Balaban J connectivity index is 1.18. The van der Waals surface area contributed by atoms with E-state index in [2.05, 4.69) is 0 Å². The SMILES string of the molecule is CC1(C)CC(N=Cc2ccc([C@]3(O)/C(=C4/C(=O)c5ccccc5[C@@]4(O)c4ccc(C=NC5CC(C)(C)N([O])C(C)(C)C5)cc4)C(=O)c4ccccc43)cc2)CC(C)(C)N1[O]. The quantitative estimate of drug-likeness (QED) is 0.149. The van der Waals surface area contributed by atoms with E-state index in [1.54, 1.807) is 85.2 Å². The van der Waals surface area contributed by atoms with Gasteiger partial charge >= 0.3 is 0 Å². The molecular formula is C50H54N4O6. The maximum absolute atomic E-state index is 14.7. The number of hydrogen-bond donors (Lipinski definition) is 2. The largest absolute Gasteiger partial charge is 0.376 e. The van der Waals surface area contributed by atoms with Crippen LogP contribution in [0.5, 0.6) is 0 Å². The Kier molecular flexibility index (Phi) is 9.98. The second-order valence-corrected chi connectivity index (χ2v) is 19.7. The third-order valence-corrected chi connectivity index (χ3v) is 13.2. The fourth-order valence-corrected chi connectivity index (χ4v) is 10.7. The minimum Gasteiger partial charge on any atom is -0.376 e. The van der Waals surface area contributed by atoms with Crippen LogP contribution in [0, 0.1) is 0 Å². The number of hydroxylamine groups is 4. The molecule has 0 aromatic heterocycles. The number of hydrogen-bond acceptors (Lipinski definition) is 8. The fourth-order valence-electron chi connectivity index (χ4n) is 10.7. The van der Waals surface area contributed by atoms with Crippen LogP contribution in [0.4, 0.5) is 0 Å². The van der Waals surface area contributed by atoms with Gasteiger partial charge in [-0.2, -0.15) is 0 Å². The van der Waals surface area contributed by atoms with Crippen molar-refractivity contribution in [1.82, 2.24) is 10.1 Å². The van der Waals surface area contributed by atoms with Crippen LogP contribution in [0.2, 0.25) is 0 Å². The molecule has 0 amide bonds. The van der Waals surface area contributed by atoms with Crippen molar-refractivity contribution in [2.24, 2.45) is 9.98 Å². The average Bonchev–Trinajstić information content (AvgIpc) is 3.56. The fraction of sp³-hybridized carbons (Fsp3) is 0.400. The molecule has 10 heteroatoms. The lowest BCUT2D eigenvalue weighted by Crippen LogP contribution is -2.59. The van der Waals surface area contributed by atoms with Crippen LogP contribution in [0.15, 0.2) is 118 Å². The number of Topliss-reactive ketones (excluding diaryl/α,β-unsaturated/α-hetero) is 2. The maximum atomic E-state index is 14.7. The van der Waals surface area contributed by atoms with Crippen LogP contribution in [0.25, 0.3) is 0 Å². The summed E-state index contributed by atoms with van der Waals surface area (Å²) in [6.07, 6.45) is 6.00. The third-order valence-electron chi connectivity index (χ3n) is 13.2. The molecule has 4 aromatic rings. The molecule has 2 N–H and O–H groups in total. The number of aliphatic hydroxyl groups is 2. The molecule has 0 spiro atoms. The average molecular weight is 807 g/mol. The van der Waals surface area contributed by atoms with Crippen LogP contribution in [0.3, 0.4) is 0 Å². The van der Waals surface area contributed by atoms with Gasteiger partial charge < -0.3 is 10.2 Å². The minimum atomic E-state index is -2.09. The number of piperidine rings is 2. The highest BCUT2D eigenvalue weighted by molar-refractivity contribution is 6.25. The van der Waals surface area contributed by atoms with Crippen LogP contribution in [-0.2, 0) is 21.6 Å². The third kappa shape index (κ3) is 6.65. The van der Waals surface area contributed by atoms with E-state index in [4.69, 9.17) is 9.98 Å². The van der Waals surface area contributed by atoms with E-state index < -0.39 is 44.9 Å². The van der Waals surface area contributed by atoms with Crippen molar-refractivity contribution in [2.45, 2.75) is 127 Å². The summed E-state index contributed by atoms with van der Waals surface area (Å²) in [5, 5.41) is 54.4. The second kappa shape index (κ2) is 14.3. The van der Waals surface area contributed by atoms with Gasteiger partial charge in [0, 0.05) is 56.8 Å². The molecule has 2 aliphatic heterocycles. The Morgan fingerprint density at radius 2 is 0.800 bits per heavy atom. The van der Waals surface area contributed by atoms with Crippen molar-refractivity contribution < 1.29 is 30.2 Å². The molecule has 2 aliphatic carbocycles. The van der Waals surface area contributed by atoms with Crippen molar-refractivity contribution in [2.75, 3.05) is 0 Å². The van der Waals surface area contributed by atoms with Crippen LogP contribution in [0.1, 0.15) is 135 Å². The van der Waals surface area contributed by atoms with Gasteiger partial charge in [0.1, 0.15) is 11.2 Å². The van der Waals surface area contributed by atoms with Crippen molar-refractivity contribution in [3.63, 3.8) is 0 Å². The molecule has 2 radical (unpaired) electrons. The Bertz CT molecular complexity index is 2260. The van der Waals surface area contributed by atoms with Crippen LogP contribution < -0.4 is 0 Å². The first-order valence-electron chi connectivity index (χ1n) is 20.8. The highest BCUT2D eigenvalue weighted by Crippen LogP contribution is 2.55. The zero-order chi connectivity index (χ0) is 43.2. The van der Waals surface area contributed by atoms with Crippen molar-refractivity contribution in [3.8, 4) is 0 Å². The zero-order valence-electron chi connectivity index (χ0n) is 35.7. The summed E-state index contributed by atoms with van der Waals surface area (Å²) in [6, 6.07) is 27.6. The monoisotopic (exact) mass is 806 g/mol. The topological polar surface area (TPSA) is 146 Å². The summed E-state index contributed by atoms with van der Waals surface area (Å²) in [6.45, 7) is 15.5. The number of rotatable bonds is 6. The molecule has 0 bridgehead atoms. The molecule has 4 aromatic carbocycles. The zero-order valence-corrected chi connectivity index (χ0v) is 35.7. The summed E-state index contributed by atoms with van der Waals surface area (Å²) in [5.74, 6) is -1.08. The van der Waals surface area contributed by atoms with Crippen molar-refractivity contribution in [1.29, 1.82) is 0 Å². The Hall–Kier alpha value is -4.94. The van der Waals surface area contributed by atoms with Gasteiger partial charge in [-0.25, -0.2) is 0 Å². The maximum Gasteiger partial charge on any atom is 0.193 e. The summed E-state index contributed by atoms with van der Waals surface area (Å²) in [4.78, 5) is 39.1. The predicted molar refractivity (Wildman–Crippen MR) is 230 cm³/mol.